The van der Waals surface area contributed by atoms with Crippen molar-refractivity contribution in [3.63, 3.8) is 0 Å². The number of hydrogen-bond acceptors (Lipinski definition) is 4. The van der Waals surface area contributed by atoms with Gasteiger partial charge in [0.05, 0.1) is 13.2 Å². The van der Waals surface area contributed by atoms with Crippen molar-refractivity contribution in [1.29, 1.82) is 0 Å². The number of ether oxygens (including phenoxy) is 2. The molecule has 1 aliphatic rings. The highest BCUT2D eigenvalue weighted by atomic mass is 16.5. The first-order valence-corrected chi connectivity index (χ1v) is 15.8. The average Bonchev–Trinajstić information content (AvgIpc) is 3.01. The molecule has 0 bridgehead atoms. The summed E-state index contributed by atoms with van der Waals surface area (Å²) < 4.78 is 11.1. The van der Waals surface area contributed by atoms with Crippen LogP contribution in [-0.2, 0) is 16.0 Å². The number of carbonyl (C=O) groups excluding carboxylic acids is 1. The third-order valence-corrected chi connectivity index (χ3v) is 8.68. The minimum absolute atomic E-state index is 0.0618. The van der Waals surface area contributed by atoms with E-state index in [4.69, 9.17) is 9.47 Å². The predicted molar refractivity (Wildman–Crippen MR) is 173 cm³/mol. The SMILES string of the molecule is C=C(C)C(=O)OCCc1cc(-c2ccc(-c3ccc(C4CCC(CCCCC)CC4)cc3)c(C)c2)ccc1OCCO. The Morgan fingerprint density at radius 1 is 0.905 bits per heavy atom. The molecule has 3 aromatic carbocycles. The van der Waals surface area contributed by atoms with Gasteiger partial charge in [-0.05, 0) is 102 Å². The maximum Gasteiger partial charge on any atom is 0.333 e. The molecule has 42 heavy (non-hydrogen) atoms. The van der Waals surface area contributed by atoms with Gasteiger partial charge in [0.2, 0.25) is 0 Å². The zero-order valence-electron chi connectivity index (χ0n) is 25.8. The number of unbranched alkanes of at least 4 members (excludes halogenated alkanes) is 2. The lowest BCUT2D eigenvalue weighted by Gasteiger charge is -2.29. The third kappa shape index (κ3) is 8.58. The molecule has 4 heteroatoms. The van der Waals surface area contributed by atoms with Crippen LogP contribution in [0.25, 0.3) is 22.3 Å². The molecule has 0 aromatic heterocycles. The second-order valence-electron chi connectivity index (χ2n) is 11.9. The minimum atomic E-state index is -0.395. The van der Waals surface area contributed by atoms with E-state index < -0.39 is 5.97 Å². The van der Waals surface area contributed by atoms with E-state index in [1.54, 1.807) is 6.92 Å². The molecule has 4 nitrogen and oxygen atoms in total. The summed E-state index contributed by atoms with van der Waals surface area (Å²) in [6, 6.07) is 22.0. The van der Waals surface area contributed by atoms with Crippen LogP contribution in [0.2, 0.25) is 0 Å². The van der Waals surface area contributed by atoms with Crippen molar-refractivity contribution in [2.24, 2.45) is 5.92 Å². The van der Waals surface area contributed by atoms with Crippen LogP contribution in [0, 0.1) is 12.8 Å². The van der Waals surface area contributed by atoms with Crippen molar-refractivity contribution >= 4 is 5.97 Å². The first kappa shape index (κ1) is 31.6. The first-order chi connectivity index (χ1) is 20.4. The number of rotatable bonds is 14. The Labute approximate surface area is 252 Å². The van der Waals surface area contributed by atoms with E-state index in [1.807, 2.05) is 12.1 Å². The molecular formula is C38H48O4. The van der Waals surface area contributed by atoms with Crippen molar-refractivity contribution in [2.45, 2.75) is 84.5 Å². The van der Waals surface area contributed by atoms with Crippen LogP contribution in [-0.4, -0.2) is 30.9 Å². The van der Waals surface area contributed by atoms with E-state index in [9.17, 15) is 9.90 Å². The molecule has 0 unspecified atom stereocenters. The summed E-state index contributed by atoms with van der Waals surface area (Å²) in [5.41, 5.74) is 8.73. The van der Waals surface area contributed by atoms with Crippen molar-refractivity contribution in [3.05, 3.63) is 89.5 Å². The normalized spacial score (nSPS) is 16.7. The molecule has 224 valence electrons. The standard InChI is InChI=1S/C38H48O4/c1-5-6-7-8-29-9-11-30(12-10-29)31-13-15-32(16-14-31)36-19-17-33(25-28(36)4)34-18-20-37(41-24-22-39)35(26-34)21-23-42-38(40)27(2)3/h13-20,25-26,29-30,39H,2,5-12,21-24H2,1,3-4H3. The molecule has 1 saturated carbocycles. The molecule has 0 saturated heterocycles. The average molecular weight is 569 g/mol. The molecule has 3 aromatic rings. The molecule has 0 spiro atoms. The highest BCUT2D eigenvalue weighted by Gasteiger charge is 2.22. The van der Waals surface area contributed by atoms with E-state index in [1.165, 1.54) is 73.6 Å². The minimum Gasteiger partial charge on any atom is -0.491 e. The highest BCUT2D eigenvalue weighted by Crippen LogP contribution is 2.39. The van der Waals surface area contributed by atoms with Gasteiger partial charge in [0, 0.05) is 12.0 Å². The van der Waals surface area contributed by atoms with Crippen molar-refractivity contribution in [3.8, 4) is 28.0 Å². The molecule has 4 rings (SSSR count). The molecule has 1 N–H and O–H groups in total. The number of esters is 1. The van der Waals surface area contributed by atoms with Crippen LogP contribution in [0.4, 0.5) is 0 Å². The smallest absolute Gasteiger partial charge is 0.333 e. The van der Waals surface area contributed by atoms with Crippen LogP contribution in [0.5, 0.6) is 5.75 Å². The molecule has 0 amide bonds. The third-order valence-electron chi connectivity index (χ3n) is 8.68. The van der Waals surface area contributed by atoms with Gasteiger partial charge in [-0.3, -0.25) is 0 Å². The van der Waals surface area contributed by atoms with Gasteiger partial charge < -0.3 is 14.6 Å². The Kier molecular flexibility index (Phi) is 11.8. The van der Waals surface area contributed by atoms with Crippen molar-refractivity contribution < 1.29 is 19.4 Å². The monoisotopic (exact) mass is 568 g/mol. The van der Waals surface area contributed by atoms with Gasteiger partial charge in [-0.1, -0.05) is 87.7 Å². The van der Waals surface area contributed by atoms with Crippen LogP contribution in [0.15, 0.2) is 72.8 Å². The Balaban J connectivity index is 1.44. The fourth-order valence-electron chi connectivity index (χ4n) is 6.20. The summed E-state index contributed by atoms with van der Waals surface area (Å²) in [6.07, 6.45) is 11.4. The van der Waals surface area contributed by atoms with Gasteiger partial charge in [-0.2, -0.15) is 0 Å². The van der Waals surface area contributed by atoms with Crippen LogP contribution >= 0.6 is 0 Å². The van der Waals surface area contributed by atoms with Gasteiger partial charge in [0.15, 0.2) is 0 Å². The van der Waals surface area contributed by atoms with E-state index in [-0.39, 0.29) is 19.8 Å². The fourth-order valence-corrected chi connectivity index (χ4v) is 6.20. The zero-order chi connectivity index (χ0) is 29.9. The Hall–Kier alpha value is -3.37. The van der Waals surface area contributed by atoms with Crippen LogP contribution in [0.3, 0.4) is 0 Å². The second-order valence-corrected chi connectivity index (χ2v) is 11.9. The maximum absolute atomic E-state index is 11.8. The quantitative estimate of drug-likeness (QED) is 0.120. The first-order valence-electron chi connectivity index (χ1n) is 15.8. The Morgan fingerprint density at radius 2 is 1.60 bits per heavy atom. The number of carbonyl (C=O) groups is 1. The fraction of sp³-hybridized carbons (Fsp3) is 0.447. The zero-order valence-corrected chi connectivity index (χ0v) is 25.8. The Bertz CT molecular complexity index is 1320. The number of hydrogen-bond donors (Lipinski definition) is 1. The van der Waals surface area contributed by atoms with Crippen molar-refractivity contribution in [1.82, 2.24) is 0 Å². The highest BCUT2D eigenvalue weighted by molar-refractivity contribution is 5.86. The summed E-state index contributed by atoms with van der Waals surface area (Å²) in [5, 5.41) is 9.23. The summed E-state index contributed by atoms with van der Waals surface area (Å²) in [6.45, 7) is 10.1. The van der Waals surface area contributed by atoms with Gasteiger partial charge in [-0.15, -0.1) is 0 Å². The Morgan fingerprint density at radius 3 is 2.26 bits per heavy atom. The summed E-state index contributed by atoms with van der Waals surface area (Å²) in [4.78, 5) is 11.8. The largest absolute Gasteiger partial charge is 0.491 e. The van der Waals surface area contributed by atoms with Crippen molar-refractivity contribution in [2.75, 3.05) is 19.8 Å². The van der Waals surface area contributed by atoms with Gasteiger partial charge in [0.1, 0.15) is 12.4 Å². The second kappa shape index (κ2) is 15.7. The summed E-state index contributed by atoms with van der Waals surface area (Å²) >= 11 is 0. The lowest BCUT2D eigenvalue weighted by atomic mass is 9.77. The van der Waals surface area contributed by atoms with E-state index >= 15 is 0 Å². The topological polar surface area (TPSA) is 55.8 Å². The van der Waals surface area contributed by atoms with E-state index in [0.29, 0.717) is 23.7 Å². The number of aliphatic hydroxyl groups is 1. The summed E-state index contributed by atoms with van der Waals surface area (Å²) in [7, 11) is 0. The number of aliphatic hydroxyl groups excluding tert-OH is 1. The van der Waals surface area contributed by atoms with Gasteiger partial charge >= 0.3 is 5.97 Å². The molecule has 1 fully saturated rings. The molecule has 0 aliphatic heterocycles. The van der Waals surface area contributed by atoms with E-state index in [2.05, 4.69) is 69.0 Å². The van der Waals surface area contributed by atoms with Gasteiger partial charge in [-0.25, -0.2) is 4.79 Å². The predicted octanol–water partition coefficient (Wildman–Crippen LogP) is 9.22. The number of aryl methyl sites for hydroxylation is 1. The lowest BCUT2D eigenvalue weighted by Crippen LogP contribution is -2.13. The van der Waals surface area contributed by atoms with Crippen LogP contribution in [0.1, 0.15) is 87.8 Å². The maximum atomic E-state index is 11.8. The molecule has 0 radical (unpaired) electrons. The number of benzene rings is 3. The van der Waals surface area contributed by atoms with Crippen LogP contribution < -0.4 is 4.74 Å². The van der Waals surface area contributed by atoms with Gasteiger partial charge in [0.25, 0.3) is 0 Å². The molecule has 1 aliphatic carbocycles. The lowest BCUT2D eigenvalue weighted by molar-refractivity contribution is -0.138. The summed E-state index contributed by atoms with van der Waals surface area (Å²) in [5.74, 6) is 1.94. The van der Waals surface area contributed by atoms with E-state index in [0.717, 1.165) is 22.6 Å². The molecule has 0 heterocycles. The molecule has 0 atom stereocenters. The molecular weight excluding hydrogens is 520 g/mol.